The Labute approximate surface area is 310 Å². The van der Waals surface area contributed by atoms with Crippen LogP contribution in [-0.2, 0) is 27.4 Å². The number of carboxylic acids is 1. The van der Waals surface area contributed by atoms with Gasteiger partial charge in [-0.3, -0.25) is 9.59 Å². The Kier molecular flexibility index (Phi) is 15.9. The van der Waals surface area contributed by atoms with Crippen molar-refractivity contribution >= 4 is 11.9 Å². The van der Waals surface area contributed by atoms with Gasteiger partial charge >= 0.3 is 11.9 Å². The first-order valence-electron chi connectivity index (χ1n) is 20.6. The van der Waals surface area contributed by atoms with Gasteiger partial charge in [0.1, 0.15) is 5.60 Å². The van der Waals surface area contributed by atoms with E-state index in [0.29, 0.717) is 55.0 Å². The van der Waals surface area contributed by atoms with Gasteiger partial charge in [0.05, 0.1) is 25.9 Å². The predicted molar refractivity (Wildman–Crippen MR) is 197 cm³/mol. The smallest absolute Gasteiger partial charge is 0.307 e. The molecule has 0 amide bonds. The highest BCUT2D eigenvalue weighted by Gasteiger charge is 2.28. The van der Waals surface area contributed by atoms with Crippen molar-refractivity contribution < 1.29 is 28.5 Å². The van der Waals surface area contributed by atoms with Gasteiger partial charge in [0, 0.05) is 23.9 Å². The first-order chi connectivity index (χ1) is 25.1. The maximum Gasteiger partial charge on any atom is 0.307 e. The lowest BCUT2D eigenvalue weighted by Gasteiger charge is -2.23. The maximum absolute atomic E-state index is 12.4. The molecule has 4 fully saturated rings. The molecule has 0 radical (unpaired) electrons. The van der Waals surface area contributed by atoms with Crippen LogP contribution in [0.25, 0.3) is 0 Å². The Bertz CT molecular complexity index is 1340. The van der Waals surface area contributed by atoms with Crippen molar-refractivity contribution in [1.29, 1.82) is 0 Å². The number of hydrogen-bond acceptors (Lipinski definition) is 11. The molecule has 12 nitrogen and oxygen atoms in total. The molecule has 0 bridgehead atoms. The molecule has 2 aromatic heterocycles. The number of aromatic nitrogens is 4. The van der Waals surface area contributed by atoms with Crippen molar-refractivity contribution in [2.75, 3.05) is 0 Å². The van der Waals surface area contributed by atoms with Gasteiger partial charge in [0.15, 0.2) is 11.6 Å². The van der Waals surface area contributed by atoms with Crippen LogP contribution in [0.2, 0.25) is 0 Å². The van der Waals surface area contributed by atoms with Gasteiger partial charge in [-0.15, -0.1) is 0 Å². The van der Waals surface area contributed by atoms with Gasteiger partial charge in [0.25, 0.3) is 0 Å². The fourth-order valence-corrected chi connectivity index (χ4v) is 7.73. The summed E-state index contributed by atoms with van der Waals surface area (Å²) in [5, 5.41) is 24.1. The average molecular weight is 727 g/mol. The number of nitrogens with zero attached hydrogens (tertiary/aromatic N) is 4. The van der Waals surface area contributed by atoms with E-state index in [9.17, 15) is 14.7 Å². The van der Waals surface area contributed by atoms with Crippen LogP contribution in [0.15, 0.2) is 9.05 Å². The van der Waals surface area contributed by atoms with Crippen LogP contribution in [0.5, 0.6) is 0 Å². The lowest BCUT2D eigenvalue weighted by Crippen LogP contribution is -2.25. The van der Waals surface area contributed by atoms with Crippen LogP contribution in [0.3, 0.4) is 0 Å². The van der Waals surface area contributed by atoms with Crippen molar-refractivity contribution in [1.82, 2.24) is 30.9 Å². The van der Waals surface area contributed by atoms with Gasteiger partial charge in [-0.2, -0.15) is 9.97 Å². The summed E-state index contributed by atoms with van der Waals surface area (Å²) in [5.41, 5.74) is -0.474. The maximum atomic E-state index is 12.4. The minimum absolute atomic E-state index is 0.0550. The van der Waals surface area contributed by atoms with Crippen molar-refractivity contribution in [3.05, 3.63) is 23.4 Å². The molecule has 292 valence electrons. The van der Waals surface area contributed by atoms with E-state index < -0.39 is 11.6 Å². The molecular weight excluding hydrogens is 660 g/mol. The molecule has 4 aliphatic carbocycles. The van der Waals surface area contributed by atoms with E-state index in [2.05, 4.69) is 30.9 Å². The Morgan fingerprint density at radius 1 is 0.712 bits per heavy atom. The van der Waals surface area contributed by atoms with Crippen LogP contribution in [0.4, 0.5) is 0 Å². The predicted octanol–water partition coefficient (Wildman–Crippen LogP) is 8.52. The van der Waals surface area contributed by atoms with Crippen LogP contribution in [-0.4, -0.2) is 55.0 Å². The molecule has 0 aliphatic heterocycles. The molecule has 4 aliphatic rings. The number of hydrogen-bond donors (Lipinski definition) is 3. The highest BCUT2D eigenvalue weighted by molar-refractivity contribution is 5.70. The molecule has 0 saturated heterocycles. The fourth-order valence-electron chi connectivity index (χ4n) is 7.73. The molecule has 2 aromatic rings. The Hall–Kier alpha value is -2.86. The summed E-state index contributed by atoms with van der Waals surface area (Å²) in [5.74, 6) is 2.87. The lowest BCUT2D eigenvalue weighted by atomic mass is 9.84. The van der Waals surface area contributed by atoms with E-state index in [0.717, 1.165) is 37.5 Å². The van der Waals surface area contributed by atoms with Crippen LogP contribution < -0.4 is 10.6 Å². The van der Waals surface area contributed by atoms with E-state index in [1.54, 1.807) is 0 Å². The van der Waals surface area contributed by atoms with Crippen molar-refractivity contribution in [2.45, 2.75) is 205 Å². The number of rotatable bonds is 20. The highest BCUT2D eigenvalue weighted by atomic mass is 16.6. The summed E-state index contributed by atoms with van der Waals surface area (Å²) in [6.45, 7) is 6.94. The summed E-state index contributed by atoms with van der Waals surface area (Å²) in [6, 6.07) is 1.20. The summed E-state index contributed by atoms with van der Waals surface area (Å²) in [4.78, 5) is 32.6. The first kappa shape index (κ1) is 40.3. The van der Waals surface area contributed by atoms with Gasteiger partial charge in [0.2, 0.25) is 11.8 Å². The second kappa shape index (κ2) is 20.6. The minimum atomic E-state index is -0.798. The number of nitrogens with one attached hydrogen (secondary N) is 2. The number of carboxylic acid groups (broad SMARTS) is 1. The molecule has 3 N–H and O–H groups in total. The summed E-state index contributed by atoms with van der Waals surface area (Å²) in [7, 11) is 0. The van der Waals surface area contributed by atoms with E-state index >= 15 is 0 Å². The zero-order valence-corrected chi connectivity index (χ0v) is 32.2. The van der Waals surface area contributed by atoms with E-state index in [-0.39, 0.29) is 24.2 Å². The topological polar surface area (TPSA) is 166 Å². The largest absolute Gasteiger partial charge is 0.481 e. The van der Waals surface area contributed by atoms with Gasteiger partial charge < -0.3 is 29.5 Å². The molecule has 2 atom stereocenters. The number of ether oxygens (including phenoxy) is 1. The van der Waals surface area contributed by atoms with Crippen LogP contribution in [0, 0.1) is 11.8 Å². The van der Waals surface area contributed by atoms with Gasteiger partial charge in [-0.05, 0) is 71.1 Å². The zero-order valence-electron chi connectivity index (χ0n) is 32.2. The second-order valence-corrected chi connectivity index (χ2v) is 17.1. The summed E-state index contributed by atoms with van der Waals surface area (Å²) >= 11 is 0. The minimum Gasteiger partial charge on any atom is -0.481 e. The SMILES string of the molecule is CC(C)(C)OC(=O)C[C@@H](CCCC1CCCCC1)c1nc(CNC2CC2)no1.O=C(O)C[C@@H](CCCC1CCCCC1)c1nc(CNC2CC2)no1. The summed E-state index contributed by atoms with van der Waals surface area (Å²) in [6.07, 6.45) is 25.1. The van der Waals surface area contributed by atoms with Crippen molar-refractivity contribution in [3.8, 4) is 0 Å². The summed E-state index contributed by atoms with van der Waals surface area (Å²) < 4.78 is 16.4. The molecular formula is C40H66N6O6. The second-order valence-electron chi connectivity index (χ2n) is 17.1. The molecule has 6 rings (SSSR count). The standard InChI is InChI=1S/C22H37N3O3.C18H29N3O3/c1-22(2,3)27-20(26)14-17(11-7-10-16-8-5-4-6-9-16)21-24-19(25-28-21)15-23-18-12-13-18;22-17(23)11-14(8-4-7-13-5-2-1-3-6-13)18-20-16(21-24-18)12-19-15-9-10-15/h16-18,23H,4-15H2,1-3H3;13-15,19H,1-12H2,(H,22,23)/t17-;14-/m11/s1. The monoisotopic (exact) mass is 727 g/mol. The lowest BCUT2D eigenvalue weighted by molar-refractivity contribution is -0.155. The van der Waals surface area contributed by atoms with Crippen molar-refractivity contribution in [3.63, 3.8) is 0 Å². The molecule has 52 heavy (non-hydrogen) atoms. The highest BCUT2D eigenvalue weighted by Crippen LogP contribution is 2.33. The normalized spacial score (nSPS) is 19.8. The Morgan fingerprint density at radius 2 is 1.15 bits per heavy atom. The number of carbonyl (C=O) groups is 2. The fraction of sp³-hybridized carbons (Fsp3) is 0.850. The Morgan fingerprint density at radius 3 is 1.56 bits per heavy atom. The third-order valence-corrected chi connectivity index (χ3v) is 11.0. The van der Waals surface area contributed by atoms with Gasteiger partial charge in [-0.25, -0.2) is 0 Å². The van der Waals surface area contributed by atoms with Crippen LogP contribution >= 0.6 is 0 Å². The average Bonchev–Trinajstić information content (AvgIpc) is 4.03. The number of esters is 1. The molecule has 0 aromatic carbocycles. The Balaban J connectivity index is 0.000000203. The third kappa shape index (κ3) is 15.6. The molecule has 0 spiro atoms. The molecule has 0 unspecified atom stereocenters. The van der Waals surface area contributed by atoms with E-state index in [4.69, 9.17) is 13.8 Å². The number of carbonyl (C=O) groups excluding carboxylic acids is 1. The van der Waals surface area contributed by atoms with E-state index in [1.807, 2.05) is 20.8 Å². The molecule has 12 heteroatoms. The van der Waals surface area contributed by atoms with Crippen LogP contribution in [0.1, 0.15) is 197 Å². The van der Waals surface area contributed by atoms with Crippen molar-refractivity contribution in [2.24, 2.45) is 11.8 Å². The van der Waals surface area contributed by atoms with E-state index in [1.165, 1.54) is 103 Å². The molecule has 2 heterocycles. The zero-order chi connectivity index (χ0) is 36.8. The number of aliphatic carboxylic acids is 1. The third-order valence-electron chi connectivity index (χ3n) is 11.0. The quantitative estimate of drug-likeness (QED) is 0.112. The van der Waals surface area contributed by atoms with Gasteiger partial charge in [-0.1, -0.05) is 100 Å². The molecule has 4 saturated carbocycles. The first-order valence-corrected chi connectivity index (χ1v) is 20.6.